The van der Waals surface area contributed by atoms with Crippen molar-refractivity contribution >= 4 is 17.7 Å². The van der Waals surface area contributed by atoms with E-state index in [2.05, 4.69) is 27.0 Å². The molecule has 0 aromatic heterocycles. The number of ether oxygens (including phenoxy) is 5. The van der Waals surface area contributed by atoms with Gasteiger partial charge in [0.05, 0.1) is 12.0 Å². The molecule has 0 aromatic rings. The standard InChI is InChI=1S/C22H28O6S/c1-10(2)20-15(27-20)16-22(28-16)19(3)6-5-11-8-24-17(23)14(11)12(19)7-13-21(22,26-13)18(20)25-9-29-4/h10,12-13,15-16,18H,5-9H2,1-4H3/t12-,13-,15-,16-,18+,19-,20-,21+,22+/m0/s1. The van der Waals surface area contributed by atoms with Gasteiger partial charge in [-0.25, -0.2) is 4.79 Å². The Labute approximate surface area is 175 Å². The molecule has 3 aliphatic carbocycles. The Morgan fingerprint density at radius 1 is 1.24 bits per heavy atom. The van der Waals surface area contributed by atoms with Crippen LogP contribution in [0.1, 0.15) is 40.0 Å². The van der Waals surface area contributed by atoms with Crippen LogP contribution in [0.25, 0.3) is 0 Å². The van der Waals surface area contributed by atoms with Crippen LogP contribution in [0.4, 0.5) is 0 Å². The van der Waals surface area contributed by atoms with E-state index in [9.17, 15) is 4.79 Å². The molecule has 29 heavy (non-hydrogen) atoms. The highest BCUT2D eigenvalue weighted by Crippen LogP contribution is 2.83. The van der Waals surface area contributed by atoms with Crippen LogP contribution in [-0.2, 0) is 28.5 Å². The van der Waals surface area contributed by atoms with Crippen molar-refractivity contribution in [2.24, 2.45) is 17.3 Å². The minimum absolute atomic E-state index is 0.0383. The van der Waals surface area contributed by atoms with Gasteiger partial charge in [-0.1, -0.05) is 20.8 Å². The number of hydrogen-bond donors (Lipinski definition) is 0. The second-order valence-electron chi connectivity index (χ2n) is 10.5. The zero-order valence-corrected chi connectivity index (χ0v) is 18.2. The number of thioether (sulfide) groups is 1. The van der Waals surface area contributed by atoms with E-state index >= 15 is 0 Å². The molecule has 2 saturated carbocycles. The van der Waals surface area contributed by atoms with E-state index in [0.29, 0.717) is 18.5 Å². The summed E-state index contributed by atoms with van der Waals surface area (Å²) >= 11 is 1.69. The highest BCUT2D eigenvalue weighted by Gasteiger charge is 3.00. The molecule has 6 nitrogen and oxygen atoms in total. The molecule has 0 aromatic carbocycles. The fourth-order valence-electron chi connectivity index (χ4n) is 8.01. The van der Waals surface area contributed by atoms with E-state index < -0.39 is 11.2 Å². The number of fused-ring (bicyclic) bond motifs is 4. The third-order valence-corrected chi connectivity index (χ3v) is 9.75. The zero-order chi connectivity index (χ0) is 20.0. The highest BCUT2D eigenvalue weighted by molar-refractivity contribution is 7.98. The second kappa shape index (κ2) is 5.07. The van der Waals surface area contributed by atoms with E-state index in [1.165, 1.54) is 5.57 Å². The summed E-state index contributed by atoms with van der Waals surface area (Å²) in [6.07, 6.45) is 4.84. The molecule has 5 fully saturated rings. The molecule has 0 radical (unpaired) electrons. The molecule has 4 heterocycles. The Morgan fingerprint density at radius 2 is 2.07 bits per heavy atom. The molecule has 0 amide bonds. The second-order valence-corrected chi connectivity index (χ2v) is 11.3. The van der Waals surface area contributed by atoms with Gasteiger partial charge in [-0.3, -0.25) is 0 Å². The van der Waals surface area contributed by atoms with Gasteiger partial charge >= 0.3 is 5.97 Å². The van der Waals surface area contributed by atoms with E-state index in [-0.39, 0.29) is 47.3 Å². The van der Waals surface area contributed by atoms with Crippen LogP contribution in [0.15, 0.2) is 11.1 Å². The molecule has 3 saturated heterocycles. The third-order valence-electron chi connectivity index (χ3n) is 9.38. The lowest BCUT2D eigenvalue weighted by atomic mass is 9.46. The van der Waals surface area contributed by atoms with Crippen LogP contribution in [0.3, 0.4) is 0 Å². The maximum absolute atomic E-state index is 12.6. The first-order valence-corrected chi connectivity index (χ1v) is 12.3. The van der Waals surface area contributed by atoms with Crippen LogP contribution in [0.2, 0.25) is 0 Å². The monoisotopic (exact) mass is 420 g/mol. The number of carbonyl (C=O) groups is 1. The predicted octanol–water partition coefficient (Wildman–Crippen LogP) is 2.45. The third kappa shape index (κ3) is 1.65. The summed E-state index contributed by atoms with van der Waals surface area (Å²) in [7, 11) is 0. The fraction of sp³-hybridized carbons (Fsp3) is 0.864. The summed E-state index contributed by atoms with van der Waals surface area (Å²) in [4.78, 5) is 12.6. The number of epoxide rings is 3. The summed E-state index contributed by atoms with van der Waals surface area (Å²) < 4.78 is 31.7. The largest absolute Gasteiger partial charge is 0.458 e. The quantitative estimate of drug-likeness (QED) is 0.393. The van der Waals surface area contributed by atoms with Gasteiger partial charge in [0.25, 0.3) is 0 Å². The SMILES string of the molecule is CSCO[C@@H]1[C@@]2(C(C)C)O[C@H]2[C@@H]2O[C@]23[C@]12O[C@H]2C[C@H]1C2=C(CC[C@@]13C)COC2=O. The van der Waals surface area contributed by atoms with Crippen LogP contribution >= 0.6 is 11.8 Å². The topological polar surface area (TPSA) is 73.1 Å². The molecular weight excluding hydrogens is 392 g/mol. The van der Waals surface area contributed by atoms with Gasteiger partial charge in [0.1, 0.15) is 36.1 Å². The molecule has 0 N–H and O–H groups in total. The Hall–Kier alpha value is -0.600. The molecule has 9 atom stereocenters. The highest BCUT2D eigenvalue weighted by atomic mass is 32.2. The van der Waals surface area contributed by atoms with Crippen molar-refractivity contribution in [3.63, 3.8) is 0 Å². The smallest absolute Gasteiger partial charge is 0.334 e. The molecule has 7 rings (SSSR count). The first kappa shape index (κ1) is 18.0. The first-order chi connectivity index (χ1) is 13.9. The van der Waals surface area contributed by atoms with Gasteiger partial charge in [0.2, 0.25) is 0 Å². The maximum atomic E-state index is 12.6. The van der Waals surface area contributed by atoms with Crippen molar-refractivity contribution in [2.75, 3.05) is 18.8 Å². The van der Waals surface area contributed by atoms with Gasteiger partial charge in [0.15, 0.2) is 5.60 Å². The van der Waals surface area contributed by atoms with Crippen LogP contribution < -0.4 is 0 Å². The summed E-state index contributed by atoms with van der Waals surface area (Å²) in [5, 5.41) is 0. The summed E-state index contributed by atoms with van der Waals surface area (Å²) in [5.41, 5.74) is 0.774. The molecule has 7 heteroatoms. The van der Waals surface area contributed by atoms with E-state index in [4.69, 9.17) is 23.7 Å². The van der Waals surface area contributed by atoms with Crippen molar-refractivity contribution in [3.05, 3.63) is 11.1 Å². The molecule has 0 unspecified atom stereocenters. The Bertz CT molecular complexity index is 871. The van der Waals surface area contributed by atoms with Crippen molar-refractivity contribution < 1.29 is 28.5 Å². The van der Waals surface area contributed by atoms with E-state index in [1.54, 1.807) is 11.8 Å². The van der Waals surface area contributed by atoms with Crippen molar-refractivity contribution in [1.82, 2.24) is 0 Å². The lowest BCUT2D eigenvalue weighted by Gasteiger charge is -2.53. The Kier molecular flexibility index (Phi) is 3.15. The zero-order valence-electron chi connectivity index (χ0n) is 17.4. The predicted molar refractivity (Wildman–Crippen MR) is 104 cm³/mol. The van der Waals surface area contributed by atoms with Gasteiger partial charge in [-0.2, -0.15) is 0 Å². The first-order valence-electron chi connectivity index (χ1n) is 10.9. The molecule has 158 valence electrons. The van der Waals surface area contributed by atoms with Crippen molar-refractivity contribution in [1.29, 1.82) is 0 Å². The van der Waals surface area contributed by atoms with Crippen molar-refractivity contribution in [2.45, 2.75) is 81.3 Å². The number of carbonyl (C=O) groups excluding carboxylic acids is 1. The number of hydrogen-bond acceptors (Lipinski definition) is 7. The summed E-state index contributed by atoms with van der Waals surface area (Å²) in [6.45, 7) is 7.23. The maximum Gasteiger partial charge on any atom is 0.334 e. The normalized spacial score (nSPS) is 57.8. The summed E-state index contributed by atoms with van der Waals surface area (Å²) in [6, 6.07) is 0. The lowest BCUT2D eigenvalue weighted by molar-refractivity contribution is -0.139. The average Bonchev–Trinajstić information content (AvgIpc) is 3.58. The fourth-order valence-corrected chi connectivity index (χ4v) is 8.29. The average molecular weight is 421 g/mol. The van der Waals surface area contributed by atoms with Crippen LogP contribution in [-0.4, -0.2) is 66.0 Å². The van der Waals surface area contributed by atoms with Crippen LogP contribution in [0.5, 0.6) is 0 Å². The van der Waals surface area contributed by atoms with E-state index in [0.717, 1.165) is 24.8 Å². The summed E-state index contributed by atoms with van der Waals surface area (Å²) in [5.74, 6) is 0.966. The van der Waals surface area contributed by atoms with Gasteiger partial charge in [-0.05, 0) is 37.0 Å². The Balaban J connectivity index is 1.36. The molecule has 2 spiro atoms. The molecule has 7 aliphatic rings. The minimum atomic E-state index is -0.448. The van der Waals surface area contributed by atoms with Gasteiger partial charge in [0, 0.05) is 16.9 Å². The van der Waals surface area contributed by atoms with Gasteiger partial charge < -0.3 is 23.7 Å². The molecule has 0 bridgehead atoms. The number of rotatable bonds is 4. The molecular formula is C22H28O6S. The lowest BCUT2D eigenvalue weighted by Crippen LogP contribution is -2.69. The van der Waals surface area contributed by atoms with Crippen LogP contribution in [0, 0.1) is 17.3 Å². The Morgan fingerprint density at radius 3 is 2.83 bits per heavy atom. The van der Waals surface area contributed by atoms with Crippen molar-refractivity contribution in [3.8, 4) is 0 Å². The number of cyclic esters (lactones) is 1. The minimum Gasteiger partial charge on any atom is -0.458 e. The molecule has 4 aliphatic heterocycles. The van der Waals surface area contributed by atoms with E-state index in [1.807, 2.05) is 0 Å². The van der Waals surface area contributed by atoms with Gasteiger partial charge in [-0.15, -0.1) is 11.8 Å². The number of esters is 1.